The number of halogens is 2. The molecule has 0 aromatic heterocycles. The summed E-state index contributed by atoms with van der Waals surface area (Å²) in [6.45, 7) is 2.27. The number of nitrogens with two attached hydrogens (primary N) is 1. The molecule has 1 atom stereocenters. The van der Waals surface area contributed by atoms with E-state index in [2.05, 4.69) is 33.9 Å². The van der Waals surface area contributed by atoms with Gasteiger partial charge in [-0.05, 0) is 53.5 Å². The summed E-state index contributed by atoms with van der Waals surface area (Å²) < 4.78 is 6.34. The summed E-state index contributed by atoms with van der Waals surface area (Å²) in [5.74, 6) is 0. The standard InChI is InChI=1S/C14H20BrClN2O/c1-18(11-4-6-19-7-5-11)14(9-17)10-2-3-12(15)13(16)8-10/h2-3,8,11,14H,4-7,9,17H2,1H3. The Hall–Kier alpha value is -0.130. The molecule has 0 bridgehead atoms. The van der Waals surface area contributed by atoms with Crippen LogP contribution in [0.1, 0.15) is 24.4 Å². The minimum Gasteiger partial charge on any atom is -0.381 e. The zero-order chi connectivity index (χ0) is 13.8. The highest BCUT2D eigenvalue weighted by Gasteiger charge is 2.25. The second-order valence-electron chi connectivity index (χ2n) is 4.93. The summed E-state index contributed by atoms with van der Waals surface area (Å²) in [7, 11) is 2.14. The van der Waals surface area contributed by atoms with E-state index in [1.54, 1.807) is 0 Å². The Labute approximate surface area is 128 Å². The number of benzene rings is 1. The molecule has 3 nitrogen and oxygen atoms in total. The number of hydrogen-bond donors (Lipinski definition) is 1. The molecular weight excluding hydrogens is 328 g/mol. The molecule has 1 saturated heterocycles. The van der Waals surface area contributed by atoms with Crippen LogP contribution in [0.2, 0.25) is 5.02 Å². The van der Waals surface area contributed by atoms with Crippen molar-refractivity contribution in [2.24, 2.45) is 5.73 Å². The third kappa shape index (κ3) is 3.70. The van der Waals surface area contributed by atoms with Crippen molar-refractivity contribution in [2.75, 3.05) is 26.8 Å². The molecule has 19 heavy (non-hydrogen) atoms. The predicted molar refractivity (Wildman–Crippen MR) is 82.6 cm³/mol. The van der Waals surface area contributed by atoms with Gasteiger partial charge in [-0.25, -0.2) is 0 Å². The van der Waals surface area contributed by atoms with Crippen LogP contribution in [0.25, 0.3) is 0 Å². The number of hydrogen-bond acceptors (Lipinski definition) is 3. The maximum absolute atomic E-state index is 6.18. The molecule has 5 heteroatoms. The first-order valence-corrected chi connectivity index (χ1v) is 7.75. The van der Waals surface area contributed by atoms with Gasteiger partial charge in [0.1, 0.15) is 0 Å². The fraction of sp³-hybridized carbons (Fsp3) is 0.571. The first-order valence-electron chi connectivity index (χ1n) is 6.58. The maximum atomic E-state index is 6.18. The van der Waals surface area contributed by atoms with E-state index in [0.717, 1.165) is 35.6 Å². The maximum Gasteiger partial charge on any atom is 0.0551 e. The molecule has 0 spiro atoms. The zero-order valence-corrected chi connectivity index (χ0v) is 13.5. The molecule has 1 unspecified atom stereocenters. The Kier molecular flexibility index (Phi) is 5.66. The van der Waals surface area contributed by atoms with E-state index >= 15 is 0 Å². The lowest BCUT2D eigenvalue weighted by Crippen LogP contribution is -2.41. The lowest BCUT2D eigenvalue weighted by Gasteiger charge is -2.37. The Morgan fingerprint density at radius 1 is 1.47 bits per heavy atom. The normalized spacial score (nSPS) is 18.8. The topological polar surface area (TPSA) is 38.5 Å². The van der Waals surface area contributed by atoms with Gasteiger partial charge in [-0.2, -0.15) is 0 Å². The SMILES string of the molecule is CN(C1CCOCC1)C(CN)c1ccc(Br)c(Cl)c1. The van der Waals surface area contributed by atoms with Crippen LogP contribution in [-0.4, -0.2) is 37.7 Å². The summed E-state index contributed by atoms with van der Waals surface area (Å²) in [5.41, 5.74) is 7.14. The summed E-state index contributed by atoms with van der Waals surface area (Å²) in [6, 6.07) is 6.80. The van der Waals surface area contributed by atoms with Gasteiger partial charge in [-0.15, -0.1) is 0 Å². The largest absolute Gasteiger partial charge is 0.381 e. The van der Waals surface area contributed by atoms with Gasteiger partial charge in [0.15, 0.2) is 0 Å². The summed E-state index contributed by atoms with van der Waals surface area (Å²) >= 11 is 9.60. The van der Waals surface area contributed by atoms with Crippen molar-refractivity contribution in [3.63, 3.8) is 0 Å². The molecule has 1 aromatic carbocycles. The van der Waals surface area contributed by atoms with E-state index in [0.29, 0.717) is 12.6 Å². The Morgan fingerprint density at radius 2 is 2.16 bits per heavy atom. The predicted octanol–water partition coefficient (Wildman–Crippen LogP) is 3.21. The van der Waals surface area contributed by atoms with Gasteiger partial charge in [0, 0.05) is 36.3 Å². The van der Waals surface area contributed by atoms with E-state index in [-0.39, 0.29) is 6.04 Å². The van der Waals surface area contributed by atoms with Gasteiger partial charge >= 0.3 is 0 Å². The molecular formula is C14H20BrClN2O. The molecule has 2 N–H and O–H groups in total. The lowest BCUT2D eigenvalue weighted by molar-refractivity contribution is 0.0294. The lowest BCUT2D eigenvalue weighted by atomic mass is 10.0. The summed E-state index contributed by atoms with van der Waals surface area (Å²) in [4.78, 5) is 2.36. The molecule has 0 saturated carbocycles. The van der Waals surface area contributed by atoms with E-state index in [1.165, 1.54) is 5.56 Å². The van der Waals surface area contributed by atoms with Gasteiger partial charge in [0.2, 0.25) is 0 Å². The fourth-order valence-electron chi connectivity index (χ4n) is 2.60. The fourth-order valence-corrected chi connectivity index (χ4v) is 3.04. The van der Waals surface area contributed by atoms with Crippen LogP contribution in [0.5, 0.6) is 0 Å². The van der Waals surface area contributed by atoms with Crippen molar-refractivity contribution in [3.8, 4) is 0 Å². The highest BCUT2D eigenvalue weighted by atomic mass is 79.9. The number of ether oxygens (including phenoxy) is 1. The smallest absolute Gasteiger partial charge is 0.0551 e. The minimum absolute atomic E-state index is 0.202. The summed E-state index contributed by atoms with van der Waals surface area (Å²) in [6.07, 6.45) is 2.13. The molecule has 106 valence electrons. The number of nitrogens with zero attached hydrogens (tertiary/aromatic N) is 1. The van der Waals surface area contributed by atoms with Crippen molar-refractivity contribution < 1.29 is 4.74 Å². The second-order valence-corrected chi connectivity index (χ2v) is 6.20. The van der Waals surface area contributed by atoms with Crippen molar-refractivity contribution >= 4 is 27.5 Å². The summed E-state index contributed by atoms with van der Waals surface area (Å²) in [5, 5.41) is 0.733. The third-order valence-corrected chi connectivity index (χ3v) is 5.04. The number of rotatable bonds is 4. The van der Waals surface area contributed by atoms with Crippen LogP contribution in [0.15, 0.2) is 22.7 Å². The van der Waals surface area contributed by atoms with Crippen molar-refractivity contribution in [2.45, 2.75) is 24.9 Å². The van der Waals surface area contributed by atoms with Gasteiger partial charge < -0.3 is 10.5 Å². The molecule has 0 radical (unpaired) electrons. The monoisotopic (exact) mass is 346 g/mol. The van der Waals surface area contributed by atoms with Crippen molar-refractivity contribution in [1.29, 1.82) is 0 Å². The van der Waals surface area contributed by atoms with Crippen LogP contribution in [0, 0.1) is 0 Å². The van der Waals surface area contributed by atoms with Gasteiger partial charge in [-0.3, -0.25) is 4.90 Å². The van der Waals surface area contributed by atoms with Crippen molar-refractivity contribution in [1.82, 2.24) is 4.90 Å². The average Bonchev–Trinajstić information content (AvgIpc) is 2.44. The van der Waals surface area contributed by atoms with Crippen LogP contribution < -0.4 is 5.73 Å². The minimum atomic E-state index is 0.202. The number of likely N-dealkylation sites (N-methyl/N-ethyl adjacent to an activating group) is 1. The molecule has 1 heterocycles. The zero-order valence-electron chi connectivity index (χ0n) is 11.1. The van der Waals surface area contributed by atoms with E-state index < -0.39 is 0 Å². The van der Waals surface area contributed by atoms with Crippen LogP contribution in [-0.2, 0) is 4.74 Å². The van der Waals surface area contributed by atoms with Crippen LogP contribution in [0.4, 0.5) is 0 Å². The van der Waals surface area contributed by atoms with E-state index in [1.807, 2.05) is 12.1 Å². The Morgan fingerprint density at radius 3 is 2.74 bits per heavy atom. The first kappa shape index (κ1) is 15.3. The van der Waals surface area contributed by atoms with Gasteiger partial charge in [0.05, 0.1) is 5.02 Å². The molecule has 0 aliphatic carbocycles. The molecule has 1 aliphatic heterocycles. The quantitative estimate of drug-likeness (QED) is 0.909. The molecule has 1 fully saturated rings. The van der Waals surface area contributed by atoms with E-state index in [9.17, 15) is 0 Å². The Balaban J connectivity index is 2.15. The van der Waals surface area contributed by atoms with E-state index in [4.69, 9.17) is 22.1 Å². The average molecular weight is 348 g/mol. The molecule has 2 rings (SSSR count). The molecule has 1 aliphatic rings. The van der Waals surface area contributed by atoms with Gasteiger partial charge in [0.25, 0.3) is 0 Å². The highest BCUT2D eigenvalue weighted by molar-refractivity contribution is 9.10. The molecule has 0 amide bonds. The van der Waals surface area contributed by atoms with Gasteiger partial charge in [-0.1, -0.05) is 17.7 Å². The first-order chi connectivity index (χ1) is 9.13. The third-order valence-electron chi connectivity index (χ3n) is 3.81. The van der Waals surface area contributed by atoms with Crippen LogP contribution in [0.3, 0.4) is 0 Å². The molecule has 1 aromatic rings. The second kappa shape index (κ2) is 7.04. The van der Waals surface area contributed by atoms with Crippen molar-refractivity contribution in [3.05, 3.63) is 33.3 Å². The highest BCUT2D eigenvalue weighted by Crippen LogP contribution is 2.30. The Bertz CT molecular complexity index is 424. The van der Waals surface area contributed by atoms with Crippen LogP contribution >= 0.6 is 27.5 Å².